The number of anilines is 1. The number of rotatable bonds is 5. The molecular formula is C14H16N3O4+. The average Bonchev–Trinajstić information content (AvgIpc) is 2.98. The van der Waals surface area contributed by atoms with E-state index in [1.807, 2.05) is 0 Å². The van der Waals surface area contributed by atoms with Gasteiger partial charge in [-0.15, -0.1) is 0 Å². The van der Waals surface area contributed by atoms with Crippen molar-refractivity contribution < 1.29 is 24.0 Å². The standard InChI is InChI=1S/C14H15N3O4/c1-3-21-14(19)12-11(15-8-16-12)13(18)17-9-4-6-10(20-2)7-5-9/h4-8H,3H2,1-2H3,(H,15,16)(H,17,18)/p+1. The van der Waals surface area contributed by atoms with E-state index < -0.39 is 11.9 Å². The Labute approximate surface area is 121 Å². The van der Waals surface area contributed by atoms with Crippen LogP contribution in [0.5, 0.6) is 5.75 Å². The molecule has 0 aliphatic carbocycles. The summed E-state index contributed by atoms with van der Waals surface area (Å²) in [6, 6.07) is 6.85. The molecule has 7 heteroatoms. The lowest BCUT2D eigenvalue weighted by molar-refractivity contribution is -0.379. The lowest BCUT2D eigenvalue weighted by atomic mass is 10.2. The van der Waals surface area contributed by atoms with E-state index in [-0.39, 0.29) is 18.0 Å². The highest BCUT2D eigenvalue weighted by atomic mass is 16.5. The molecule has 1 aromatic carbocycles. The second-order valence-electron chi connectivity index (χ2n) is 4.09. The Morgan fingerprint density at radius 2 is 2.00 bits per heavy atom. The number of imidazole rings is 1. The summed E-state index contributed by atoms with van der Waals surface area (Å²) in [5.41, 5.74) is 0.789. The van der Waals surface area contributed by atoms with E-state index in [1.54, 1.807) is 38.3 Å². The van der Waals surface area contributed by atoms with E-state index in [2.05, 4.69) is 15.3 Å². The molecule has 0 unspecified atom stereocenters. The summed E-state index contributed by atoms with van der Waals surface area (Å²) in [7, 11) is 1.56. The minimum atomic E-state index is -0.585. The number of hydrogen-bond donors (Lipinski definition) is 2. The van der Waals surface area contributed by atoms with E-state index in [0.29, 0.717) is 11.4 Å². The van der Waals surface area contributed by atoms with Gasteiger partial charge in [-0.2, -0.15) is 0 Å². The number of aromatic nitrogens is 2. The molecule has 0 saturated carbocycles. The zero-order valence-corrected chi connectivity index (χ0v) is 11.7. The zero-order chi connectivity index (χ0) is 15.2. The number of carbonyl (C=O) groups is 2. The van der Waals surface area contributed by atoms with Crippen LogP contribution in [0.4, 0.5) is 5.69 Å². The Kier molecular flexibility index (Phi) is 4.55. The van der Waals surface area contributed by atoms with Crippen molar-refractivity contribution in [2.75, 3.05) is 19.0 Å². The van der Waals surface area contributed by atoms with Gasteiger partial charge >= 0.3 is 5.97 Å². The Balaban J connectivity index is 2.13. The Morgan fingerprint density at radius 3 is 2.62 bits per heavy atom. The van der Waals surface area contributed by atoms with Crippen molar-refractivity contribution in [3.8, 4) is 5.75 Å². The molecule has 0 radical (unpaired) electrons. The summed E-state index contributed by atoms with van der Waals surface area (Å²) in [4.78, 5) is 29.2. The first-order valence-corrected chi connectivity index (χ1v) is 6.37. The van der Waals surface area contributed by atoms with Crippen LogP contribution in [0.1, 0.15) is 27.9 Å². The summed E-state index contributed by atoms with van der Waals surface area (Å²) >= 11 is 0. The second kappa shape index (κ2) is 6.56. The number of aromatic amines is 2. The van der Waals surface area contributed by atoms with Gasteiger partial charge in [-0.3, -0.25) is 4.79 Å². The van der Waals surface area contributed by atoms with Crippen LogP contribution < -0.4 is 15.0 Å². The number of amides is 1. The molecule has 21 heavy (non-hydrogen) atoms. The highest BCUT2D eigenvalue weighted by Crippen LogP contribution is 2.15. The number of esters is 1. The van der Waals surface area contributed by atoms with Gasteiger partial charge in [-0.25, -0.2) is 14.8 Å². The van der Waals surface area contributed by atoms with Gasteiger partial charge in [0.05, 0.1) is 13.7 Å². The van der Waals surface area contributed by atoms with Crippen LogP contribution in [0.25, 0.3) is 0 Å². The number of H-pyrrole nitrogens is 2. The number of methoxy groups -OCH3 is 1. The summed E-state index contributed by atoms with van der Waals surface area (Å²) < 4.78 is 9.91. The fourth-order valence-corrected chi connectivity index (χ4v) is 1.74. The van der Waals surface area contributed by atoms with Crippen LogP contribution >= 0.6 is 0 Å². The van der Waals surface area contributed by atoms with Crippen molar-refractivity contribution in [2.45, 2.75) is 6.92 Å². The molecule has 0 bridgehead atoms. The lowest BCUT2D eigenvalue weighted by Crippen LogP contribution is -2.23. The zero-order valence-electron chi connectivity index (χ0n) is 11.7. The number of benzene rings is 1. The third-order valence-corrected chi connectivity index (χ3v) is 2.74. The van der Waals surface area contributed by atoms with Crippen LogP contribution in [0, 0.1) is 0 Å². The average molecular weight is 290 g/mol. The van der Waals surface area contributed by atoms with Gasteiger partial charge in [0, 0.05) is 5.69 Å². The van der Waals surface area contributed by atoms with E-state index >= 15 is 0 Å². The van der Waals surface area contributed by atoms with E-state index in [9.17, 15) is 9.59 Å². The van der Waals surface area contributed by atoms with Gasteiger partial charge in [0.25, 0.3) is 11.6 Å². The molecule has 0 fully saturated rings. The number of hydrogen-bond acceptors (Lipinski definition) is 4. The maximum atomic E-state index is 12.2. The van der Waals surface area contributed by atoms with E-state index in [0.717, 1.165) is 0 Å². The number of carbonyl (C=O) groups excluding carboxylic acids is 2. The molecule has 0 atom stereocenters. The molecule has 1 amide bonds. The Bertz CT molecular complexity index is 634. The van der Waals surface area contributed by atoms with Crippen molar-refractivity contribution in [3.05, 3.63) is 42.0 Å². The van der Waals surface area contributed by atoms with Crippen molar-refractivity contribution in [3.63, 3.8) is 0 Å². The summed E-state index contributed by atoms with van der Waals surface area (Å²) in [5, 5.41) is 2.68. The van der Waals surface area contributed by atoms with Crippen molar-refractivity contribution >= 4 is 17.6 Å². The van der Waals surface area contributed by atoms with E-state index in [4.69, 9.17) is 9.47 Å². The monoisotopic (exact) mass is 290 g/mol. The molecule has 110 valence electrons. The number of ether oxygens (including phenoxy) is 2. The first-order chi connectivity index (χ1) is 10.2. The predicted molar refractivity (Wildman–Crippen MR) is 74.3 cm³/mol. The van der Waals surface area contributed by atoms with Crippen molar-refractivity contribution in [1.29, 1.82) is 0 Å². The topological polar surface area (TPSA) is 94.6 Å². The van der Waals surface area contributed by atoms with Crippen LogP contribution in [0.2, 0.25) is 0 Å². The number of nitrogens with one attached hydrogen (secondary N) is 3. The third-order valence-electron chi connectivity index (χ3n) is 2.74. The normalized spacial score (nSPS) is 10.0. The SMILES string of the molecule is CCOC(=O)c1[nH]c[nH+]c1C(=O)Nc1ccc(OC)cc1. The Morgan fingerprint density at radius 1 is 1.29 bits per heavy atom. The van der Waals surface area contributed by atoms with Crippen LogP contribution in [0.15, 0.2) is 30.6 Å². The molecule has 3 N–H and O–H groups in total. The largest absolute Gasteiger partial charge is 0.497 e. The molecule has 0 aliphatic rings. The van der Waals surface area contributed by atoms with Gasteiger partial charge in [-0.05, 0) is 31.2 Å². The molecular weight excluding hydrogens is 274 g/mol. The highest BCUT2D eigenvalue weighted by Gasteiger charge is 2.26. The quantitative estimate of drug-likeness (QED) is 0.811. The summed E-state index contributed by atoms with van der Waals surface area (Å²) in [6.45, 7) is 1.93. The minimum Gasteiger partial charge on any atom is -0.497 e. The molecule has 0 spiro atoms. The minimum absolute atomic E-state index is 0.0860. The van der Waals surface area contributed by atoms with Crippen LogP contribution in [-0.4, -0.2) is 30.6 Å². The molecule has 2 rings (SSSR count). The summed E-state index contributed by atoms with van der Waals surface area (Å²) in [5.74, 6) is -0.337. The van der Waals surface area contributed by atoms with Crippen molar-refractivity contribution in [2.24, 2.45) is 0 Å². The highest BCUT2D eigenvalue weighted by molar-refractivity contribution is 6.07. The predicted octanol–water partition coefficient (Wildman–Crippen LogP) is 1.27. The van der Waals surface area contributed by atoms with E-state index in [1.165, 1.54) is 6.33 Å². The van der Waals surface area contributed by atoms with Gasteiger partial charge in [-0.1, -0.05) is 0 Å². The first-order valence-electron chi connectivity index (χ1n) is 6.37. The van der Waals surface area contributed by atoms with Gasteiger partial charge in [0.2, 0.25) is 12.0 Å². The van der Waals surface area contributed by atoms with Gasteiger partial charge in [0.15, 0.2) is 0 Å². The van der Waals surface area contributed by atoms with Crippen LogP contribution in [-0.2, 0) is 4.74 Å². The fourth-order valence-electron chi connectivity index (χ4n) is 1.74. The third kappa shape index (κ3) is 3.38. The van der Waals surface area contributed by atoms with Gasteiger partial charge in [0.1, 0.15) is 5.75 Å². The molecule has 1 heterocycles. The maximum absolute atomic E-state index is 12.2. The smallest absolute Gasteiger partial charge is 0.383 e. The molecule has 1 aromatic heterocycles. The maximum Gasteiger partial charge on any atom is 0.383 e. The summed E-state index contributed by atoms with van der Waals surface area (Å²) in [6.07, 6.45) is 1.40. The molecule has 7 nitrogen and oxygen atoms in total. The first kappa shape index (κ1) is 14.6. The molecule has 2 aromatic rings. The lowest BCUT2D eigenvalue weighted by Gasteiger charge is -2.04. The Hall–Kier alpha value is -2.83. The van der Waals surface area contributed by atoms with Crippen LogP contribution in [0.3, 0.4) is 0 Å². The van der Waals surface area contributed by atoms with Crippen molar-refractivity contribution in [1.82, 2.24) is 4.98 Å². The second-order valence-corrected chi connectivity index (χ2v) is 4.09. The molecule has 0 aliphatic heterocycles. The molecule has 0 saturated heterocycles. The van der Waals surface area contributed by atoms with Gasteiger partial charge < -0.3 is 14.8 Å². The fraction of sp³-hybridized carbons (Fsp3) is 0.214.